The molecule has 0 aromatic heterocycles. The van der Waals surface area contributed by atoms with Crippen LogP contribution < -0.4 is 0 Å². The third kappa shape index (κ3) is 2.28. The van der Waals surface area contributed by atoms with Crippen molar-refractivity contribution in [2.45, 2.75) is 84.8 Å². The summed E-state index contributed by atoms with van der Waals surface area (Å²) in [5, 5.41) is 10.7. The zero-order valence-electron chi connectivity index (χ0n) is 16.1. The van der Waals surface area contributed by atoms with Gasteiger partial charge in [0.2, 0.25) is 0 Å². The van der Waals surface area contributed by atoms with Crippen LogP contribution in [0.2, 0.25) is 0 Å². The standard InChI is InChI=1S/C22H36O2/c1-5-24-20-12-15-7-8-16-17-9-6-14(2)21(17,3)11-10-18(16)22(15,4)13-19(20)23/h7,14,16-20,23H,5-6,8-13H2,1-4H3/t14?,16-,17-,18+,19?,20?,21+,22-/m0/s1. The number of ether oxygens (including phenoxy) is 1. The largest absolute Gasteiger partial charge is 0.390 e. The van der Waals surface area contributed by atoms with Crippen molar-refractivity contribution in [3.63, 3.8) is 0 Å². The number of aliphatic hydroxyl groups excluding tert-OH is 1. The number of allylic oxidation sites excluding steroid dienone is 1. The van der Waals surface area contributed by atoms with Gasteiger partial charge in [0.15, 0.2) is 0 Å². The number of rotatable bonds is 2. The Bertz CT molecular complexity index is 526. The highest BCUT2D eigenvalue weighted by Gasteiger charge is 2.58. The van der Waals surface area contributed by atoms with Gasteiger partial charge < -0.3 is 9.84 Å². The average Bonchev–Trinajstić information content (AvgIpc) is 2.84. The summed E-state index contributed by atoms with van der Waals surface area (Å²) in [6.07, 6.45) is 11.0. The fraction of sp³-hybridized carbons (Fsp3) is 0.909. The van der Waals surface area contributed by atoms with Crippen LogP contribution in [0, 0.1) is 34.5 Å². The van der Waals surface area contributed by atoms with E-state index in [1.165, 1.54) is 32.1 Å². The van der Waals surface area contributed by atoms with Crippen molar-refractivity contribution >= 4 is 0 Å². The summed E-state index contributed by atoms with van der Waals surface area (Å²) in [4.78, 5) is 0. The second kappa shape index (κ2) is 5.84. The van der Waals surface area contributed by atoms with Crippen molar-refractivity contribution in [2.24, 2.45) is 34.5 Å². The molecule has 136 valence electrons. The summed E-state index contributed by atoms with van der Waals surface area (Å²) >= 11 is 0. The fourth-order valence-corrected chi connectivity index (χ4v) is 7.32. The van der Waals surface area contributed by atoms with Crippen LogP contribution in [-0.4, -0.2) is 23.9 Å². The maximum absolute atomic E-state index is 10.7. The van der Waals surface area contributed by atoms with Crippen LogP contribution in [0.5, 0.6) is 0 Å². The first-order valence-electron chi connectivity index (χ1n) is 10.4. The first-order valence-corrected chi connectivity index (χ1v) is 10.4. The molecule has 0 saturated heterocycles. The van der Waals surface area contributed by atoms with E-state index in [1.807, 2.05) is 6.92 Å². The van der Waals surface area contributed by atoms with E-state index < -0.39 is 0 Å². The van der Waals surface area contributed by atoms with E-state index >= 15 is 0 Å². The zero-order valence-corrected chi connectivity index (χ0v) is 16.1. The highest BCUT2D eigenvalue weighted by Crippen LogP contribution is 2.66. The predicted octanol–water partition coefficient (Wildman–Crippen LogP) is 4.96. The summed E-state index contributed by atoms with van der Waals surface area (Å²) in [6.45, 7) is 10.3. The summed E-state index contributed by atoms with van der Waals surface area (Å²) in [5.41, 5.74) is 2.38. The SMILES string of the molecule is CCOC1CC2=CC[C@@H]3[C@@H](CC[C@]4(C)C(C)CC[C@@H]34)[C@@]2(C)CC1O. The molecule has 0 aromatic carbocycles. The molecule has 0 heterocycles. The molecular formula is C22H36O2. The van der Waals surface area contributed by atoms with E-state index in [0.717, 1.165) is 36.5 Å². The number of hydrogen-bond donors (Lipinski definition) is 1. The van der Waals surface area contributed by atoms with Crippen LogP contribution in [-0.2, 0) is 4.74 Å². The molecule has 24 heavy (non-hydrogen) atoms. The minimum atomic E-state index is -0.290. The van der Waals surface area contributed by atoms with Crippen LogP contribution >= 0.6 is 0 Å². The van der Waals surface area contributed by atoms with Gasteiger partial charge in [-0.15, -0.1) is 0 Å². The van der Waals surface area contributed by atoms with Crippen LogP contribution in [0.3, 0.4) is 0 Å². The van der Waals surface area contributed by atoms with E-state index in [0.29, 0.717) is 12.0 Å². The highest BCUT2D eigenvalue weighted by molar-refractivity contribution is 5.26. The van der Waals surface area contributed by atoms with E-state index in [2.05, 4.69) is 26.8 Å². The second-order valence-electron chi connectivity index (χ2n) is 9.75. The van der Waals surface area contributed by atoms with Crippen molar-refractivity contribution in [1.29, 1.82) is 0 Å². The van der Waals surface area contributed by atoms with Gasteiger partial charge in [0.05, 0.1) is 12.2 Å². The Labute approximate surface area is 148 Å². The van der Waals surface area contributed by atoms with Crippen LogP contribution in [0.4, 0.5) is 0 Å². The van der Waals surface area contributed by atoms with E-state index in [4.69, 9.17) is 4.74 Å². The van der Waals surface area contributed by atoms with E-state index in [1.54, 1.807) is 5.57 Å². The number of hydrogen-bond acceptors (Lipinski definition) is 2. The van der Waals surface area contributed by atoms with Gasteiger partial charge in [0, 0.05) is 6.61 Å². The van der Waals surface area contributed by atoms with Crippen LogP contribution in [0.15, 0.2) is 11.6 Å². The first-order chi connectivity index (χ1) is 11.4. The van der Waals surface area contributed by atoms with Crippen molar-refractivity contribution in [1.82, 2.24) is 0 Å². The number of aliphatic hydroxyl groups is 1. The Kier molecular flexibility index (Phi) is 4.16. The molecule has 0 radical (unpaired) electrons. The Morgan fingerprint density at radius 3 is 2.75 bits per heavy atom. The summed E-state index contributed by atoms with van der Waals surface area (Å²) in [6, 6.07) is 0. The summed E-state index contributed by atoms with van der Waals surface area (Å²) < 4.78 is 5.83. The first kappa shape index (κ1) is 17.1. The molecule has 4 aliphatic rings. The fourth-order valence-electron chi connectivity index (χ4n) is 7.32. The van der Waals surface area contributed by atoms with Gasteiger partial charge >= 0.3 is 0 Å². The van der Waals surface area contributed by atoms with E-state index in [9.17, 15) is 5.11 Å². The molecule has 0 bridgehead atoms. The van der Waals surface area contributed by atoms with Gasteiger partial charge in [-0.25, -0.2) is 0 Å². The molecule has 2 nitrogen and oxygen atoms in total. The second-order valence-corrected chi connectivity index (χ2v) is 9.75. The quantitative estimate of drug-likeness (QED) is 0.724. The van der Waals surface area contributed by atoms with E-state index in [-0.39, 0.29) is 17.6 Å². The lowest BCUT2D eigenvalue weighted by Gasteiger charge is -2.58. The van der Waals surface area contributed by atoms with Crippen molar-refractivity contribution in [2.75, 3.05) is 6.61 Å². The van der Waals surface area contributed by atoms with Gasteiger partial charge in [-0.1, -0.05) is 32.4 Å². The molecular weight excluding hydrogens is 296 g/mol. The lowest BCUT2D eigenvalue weighted by Crippen LogP contribution is -2.53. The Balaban J connectivity index is 1.63. The predicted molar refractivity (Wildman–Crippen MR) is 97.7 cm³/mol. The Hall–Kier alpha value is -0.340. The normalized spacial score (nSPS) is 53.8. The number of fused-ring (bicyclic) bond motifs is 5. The molecule has 2 heteroatoms. The average molecular weight is 333 g/mol. The van der Waals surface area contributed by atoms with Crippen molar-refractivity contribution < 1.29 is 9.84 Å². The third-order valence-electron chi connectivity index (χ3n) is 8.96. The molecule has 4 rings (SSSR count). The lowest BCUT2D eigenvalue weighted by molar-refractivity contribution is -0.102. The van der Waals surface area contributed by atoms with Gasteiger partial charge in [-0.3, -0.25) is 0 Å². The summed E-state index contributed by atoms with van der Waals surface area (Å²) in [5.74, 6) is 3.42. The van der Waals surface area contributed by atoms with Gasteiger partial charge in [0.25, 0.3) is 0 Å². The third-order valence-corrected chi connectivity index (χ3v) is 8.96. The van der Waals surface area contributed by atoms with Gasteiger partial charge in [-0.05, 0) is 86.4 Å². The molecule has 3 saturated carbocycles. The molecule has 3 fully saturated rings. The molecule has 4 aliphatic carbocycles. The Morgan fingerprint density at radius 1 is 1.21 bits per heavy atom. The van der Waals surface area contributed by atoms with Crippen molar-refractivity contribution in [3.8, 4) is 0 Å². The molecule has 0 aliphatic heterocycles. The molecule has 0 aromatic rings. The smallest absolute Gasteiger partial charge is 0.0871 e. The minimum absolute atomic E-state index is 0.0197. The zero-order chi connectivity index (χ0) is 17.1. The molecule has 0 amide bonds. The molecule has 0 spiro atoms. The highest BCUT2D eigenvalue weighted by atomic mass is 16.5. The topological polar surface area (TPSA) is 29.5 Å². The lowest BCUT2D eigenvalue weighted by atomic mass is 9.47. The van der Waals surface area contributed by atoms with Crippen LogP contribution in [0.1, 0.15) is 72.6 Å². The molecule has 1 N–H and O–H groups in total. The summed E-state index contributed by atoms with van der Waals surface area (Å²) in [7, 11) is 0. The molecule has 8 atom stereocenters. The minimum Gasteiger partial charge on any atom is -0.390 e. The van der Waals surface area contributed by atoms with Gasteiger partial charge in [-0.2, -0.15) is 0 Å². The van der Waals surface area contributed by atoms with Crippen LogP contribution in [0.25, 0.3) is 0 Å². The maximum Gasteiger partial charge on any atom is 0.0871 e. The Morgan fingerprint density at radius 2 is 2.00 bits per heavy atom. The van der Waals surface area contributed by atoms with Gasteiger partial charge in [0.1, 0.15) is 0 Å². The monoisotopic (exact) mass is 332 g/mol. The van der Waals surface area contributed by atoms with Crippen molar-refractivity contribution in [3.05, 3.63) is 11.6 Å². The molecule has 3 unspecified atom stereocenters. The maximum atomic E-state index is 10.7.